The van der Waals surface area contributed by atoms with Crippen LogP contribution in [0.2, 0.25) is 0 Å². The van der Waals surface area contributed by atoms with Crippen LogP contribution < -0.4 is 5.32 Å². The lowest BCUT2D eigenvalue weighted by atomic mass is 10.0. The molecule has 0 spiro atoms. The second-order valence-corrected chi connectivity index (χ2v) is 5.18. The second kappa shape index (κ2) is 5.51. The SMILES string of the molecule is CNC(Cc1ccc2ccccc2c1)c1ccc(C)o1. The van der Waals surface area contributed by atoms with Gasteiger partial charge in [0.1, 0.15) is 11.5 Å². The molecule has 1 N–H and O–H groups in total. The fourth-order valence-corrected chi connectivity index (χ4v) is 2.59. The van der Waals surface area contributed by atoms with Crippen LogP contribution >= 0.6 is 0 Å². The van der Waals surface area contributed by atoms with E-state index in [0.29, 0.717) is 0 Å². The van der Waals surface area contributed by atoms with Crippen molar-refractivity contribution in [3.8, 4) is 0 Å². The second-order valence-electron chi connectivity index (χ2n) is 5.18. The minimum atomic E-state index is 0.213. The molecule has 1 atom stereocenters. The van der Waals surface area contributed by atoms with Gasteiger partial charge in [-0.2, -0.15) is 0 Å². The highest BCUT2D eigenvalue weighted by Crippen LogP contribution is 2.23. The number of rotatable bonds is 4. The molecule has 102 valence electrons. The molecule has 0 aliphatic rings. The summed E-state index contributed by atoms with van der Waals surface area (Å²) < 4.78 is 5.73. The molecule has 2 aromatic carbocycles. The number of furan rings is 1. The summed E-state index contributed by atoms with van der Waals surface area (Å²) in [5, 5.41) is 5.91. The first kappa shape index (κ1) is 12.9. The Morgan fingerprint density at radius 1 is 1.00 bits per heavy atom. The zero-order chi connectivity index (χ0) is 13.9. The minimum Gasteiger partial charge on any atom is -0.465 e. The molecule has 0 saturated carbocycles. The summed E-state index contributed by atoms with van der Waals surface area (Å²) in [5.41, 5.74) is 1.32. The third-order valence-electron chi connectivity index (χ3n) is 3.71. The first-order valence-electron chi connectivity index (χ1n) is 6.97. The maximum Gasteiger partial charge on any atom is 0.121 e. The lowest BCUT2D eigenvalue weighted by Gasteiger charge is -2.14. The van der Waals surface area contributed by atoms with E-state index in [-0.39, 0.29) is 6.04 Å². The molecule has 20 heavy (non-hydrogen) atoms. The van der Waals surface area contributed by atoms with Crippen molar-refractivity contribution in [2.45, 2.75) is 19.4 Å². The van der Waals surface area contributed by atoms with E-state index in [0.717, 1.165) is 17.9 Å². The van der Waals surface area contributed by atoms with Crippen molar-refractivity contribution in [1.29, 1.82) is 0 Å². The average Bonchev–Trinajstić information content (AvgIpc) is 2.91. The van der Waals surface area contributed by atoms with E-state index in [4.69, 9.17) is 4.42 Å². The maximum atomic E-state index is 5.73. The molecule has 0 saturated heterocycles. The highest BCUT2D eigenvalue weighted by Gasteiger charge is 2.13. The zero-order valence-corrected chi connectivity index (χ0v) is 11.9. The Morgan fingerprint density at radius 3 is 2.50 bits per heavy atom. The van der Waals surface area contributed by atoms with Crippen LogP contribution in [0, 0.1) is 6.92 Å². The quantitative estimate of drug-likeness (QED) is 0.763. The van der Waals surface area contributed by atoms with Crippen molar-refractivity contribution in [2.75, 3.05) is 7.05 Å². The van der Waals surface area contributed by atoms with E-state index in [2.05, 4.69) is 53.8 Å². The normalized spacial score (nSPS) is 12.7. The molecule has 0 radical (unpaired) electrons. The van der Waals surface area contributed by atoms with Gasteiger partial charge in [-0.05, 0) is 48.9 Å². The Kier molecular flexibility index (Phi) is 3.57. The summed E-state index contributed by atoms with van der Waals surface area (Å²) >= 11 is 0. The van der Waals surface area contributed by atoms with Crippen LogP contribution in [-0.2, 0) is 6.42 Å². The number of fused-ring (bicyclic) bond motifs is 1. The molecular formula is C18H19NO. The van der Waals surface area contributed by atoms with Crippen LogP contribution in [0.25, 0.3) is 10.8 Å². The Bertz CT molecular complexity index is 714. The Morgan fingerprint density at radius 2 is 1.80 bits per heavy atom. The molecule has 3 rings (SSSR count). The molecule has 1 unspecified atom stereocenters. The minimum absolute atomic E-state index is 0.213. The molecule has 0 aliphatic heterocycles. The van der Waals surface area contributed by atoms with Gasteiger partial charge in [-0.1, -0.05) is 42.5 Å². The van der Waals surface area contributed by atoms with Gasteiger partial charge < -0.3 is 9.73 Å². The van der Waals surface area contributed by atoms with Gasteiger partial charge in [0.25, 0.3) is 0 Å². The Hall–Kier alpha value is -2.06. The topological polar surface area (TPSA) is 25.2 Å². The molecule has 3 aromatic rings. The molecule has 0 amide bonds. The van der Waals surface area contributed by atoms with Crippen LogP contribution in [0.15, 0.2) is 59.0 Å². The van der Waals surface area contributed by atoms with Crippen molar-refractivity contribution in [2.24, 2.45) is 0 Å². The van der Waals surface area contributed by atoms with E-state index >= 15 is 0 Å². The van der Waals surface area contributed by atoms with E-state index in [1.54, 1.807) is 0 Å². The molecular weight excluding hydrogens is 246 g/mol. The smallest absolute Gasteiger partial charge is 0.121 e. The summed E-state index contributed by atoms with van der Waals surface area (Å²) in [5.74, 6) is 1.96. The lowest BCUT2D eigenvalue weighted by Crippen LogP contribution is -2.18. The Labute approximate surface area is 119 Å². The van der Waals surface area contributed by atoms with Crippen molar-refractivity contribution in [1.82, 2.24) is 5.32 Å². The van der Waals surface area contributed by atoms with Gasteiger partial charge in [0, 0.05) is 0 Å². The van der Waals surface area contributed by atoms with Crippen LogP contribution in [0.4, 0.5) is 0 Å². The van der Waals surface area contributed by atoms with Gasteiger partial charge in [0.15, 0.2) is 0 Å². The van der Waals surface area contributed by atoms with E-state index in [9.17, 15) is 0 Å². The van der Waals surface area contributed by atoms with Gasteiger partial charge >= 0.3 is 0 Å². The Balaban J connectivity index is 1.87. The number of nitrogens with one attached hydrogen (secondary N) is 1. The standard InChI is InChI=1S/C18H19NO/c1-13-7-10-18(20-13)17(19-2)12-14-8-9-15-5-3-4-6-16(15)11-14/h3-11,17,19H,12H2,1-2H3. The molecule has 2 nitrogen and oxygen atoms in total. The molecule has 2 heteroatoms. The van der Waals surface area contributed by atoms with Gasteiger partial charge in [-0.3, -0.25) is 0 Å². The summed E-state index contributed by atoms with van der Waals surface area (Å²) in [7, 11) is 1.98. The van der Waals surface area contributed by atoms with E-state index in [1.165, 1.54) is 16.3 Å². The summed E-state index contributed by atoms with van der Waals surface area (Å²) in [6, 6.07) is 19.4. The van der Waals surface area contributed by atoms with Crippen molar-refractivity contribution in [3.05, 3.63) is 71.7 Å². The van der Waals surface area contributed by atoms with Gasteiger partial charge in [0.05, 0.1) is 6.04 Å². The first-order chi connectivity index (χ1) is 9.76. The lowest BCUT2D eigenvalue weighted by molar-refractivity contribution is 0.415. The molecule has 0 fully saturated rings. The predicted octanol–water partition coefficient (Wildman–Crippen LogP) is 4.24. The maximum absolute atomic E-state index is 5.73. The number of hydrogen-bond acceptors (Lipinski definition) is 2. The molecule has 0 bridgehead atoms. The van der Waals surface area contributed by atoms with Crippen LogP contribution in [-0.4, -0.2) is 7.05 Å². The van der Waals surface area contributed by atoms with Gasteiger partial charge in [0.2, 0.25) is 0 Å². The molecule has 1 aromatic heterocycles. The largest absolute Gasteiger partial charge is 0.465 e. The van der Waals surface area contributed by atoms with Gasteiger partial charge in [-0.15, -0.1) is 0 Å². The van der Waals surface area contributed by atoms with Crippen LogP contribution in [0.5, 0.6) is 0 Å². The van der Waals surface area contributed by atoms with Gasteiger partial charge in [-0.25, -0.2) is 0 Å². The average molecular weight is 265 g/mol. The zero-order valence-electron chi connectivity index (χ0n) is 11.9. The number of hydrogen-bond donors (Lipinski definition) is 1. The third-order valence-corrected chi connectivity index (χ3v) is 3.71. The number of benzene rings is 2. The summed E-state index contributed by atoms with van der Waals surface area (Å²) in [6.45, 7) is 1.98. The highest BCUT2D eigenvalue weighted by molar-refractivity contribution is 5.83. The van der Waals surface area contributed by atoms with Crippen molar-refractivity contribution in [3.63, 3.8) is 0 Å². The predicted molar refractivity (Wildman–Crippen MR) is 82.9 cm³/mol. The number of aryl methyl sites for hydroxylation is 1. The first-order valence-corrected chi connectivity index (χ1v) is 6.97. The molecule has 1 heterocycles. The summed E-state index contributed by atoms with van der Waals surface area (Å²) in [6.07, 6.45) is 0.925. The third kappa shape index (κ3) is 2.61. The fourth-order valence-electron chi connectivity index (χ4n) is 2.59. The van der Waals surface area contributed by atoms with Crippen molar-refractivity contribution >= 4 is 10.8 Å². The van der Waals surface area contributed by atoms with Crippen LogP contribution in [0.1, 0.15) is 23.1 Å². The monoisotopic (exact) mass is 265 g/mol. The van der Waals surface area contributed by atoms with E-state index < -0.39 is 0 Å². The molecule has 0 aliphatic carbocycles. The van der Waals surface area contributed by atoms with Crippen LogP contribution in [0.3, 0.4) is 0 Å². The number of likely N-dealkylation sites (N-methyl/N-ethyl adjacent to an activating group) is 1. The fraction of sp³-hybridized carbons (Fsp3) is 0.222. The van der Waals surface area contributed by atoms with Crippen molar-refractivity contribution < 1.29 is 4.42 Å². The summed E-state index contributed by atoms with van der Waals surface area (Å²) in [4.78, 5) is 0. The highest BCUT2D eigenvalue weighted by atomic mass is 16.3. The van der Waals surface area contributed by atoms with E-state index in [1.807, 2.05) is 20.0 Å².